The lowest BCUT2D eigenvalue weighted by Gasteiger charge is -1.98. The summed E-state index contributed by atoms with van der Waals surface area (Å²) in [6.45, 7) is 3.53. The van der Waals surface area contributed by atoms with Crippen molar-refractivity contribution in [2.45, 2.75) is 4.90 Å². The Hall–Kier alpha value is -0.930. The van der Waals surface area contributed by atoms with E-state index in [4.69, 9.17) is 4.55 Å². The van der Waals surface area contributed by atoms with Gasteiger partial charge in [-0.2, -0.15) is 0 Å². The lowest BCUT2D eigenvalue weighted by atomic mass is 10.2. The first kappa shape index (κ1) is 8.17. The molecule has 0 fully saturated rings. The molecule has 0 aliphatic carbocycles. The molecule has 11 heavy (non-hydrogen) atoms. The fourth-order valence-electron chi connectivity index (χ4n) is 0.808. The largest absolute Gasteiger partial charge is 0.302 e. The molecule has 0 heterocycles. The summed E-state index contributed by atoms with van der Waals surface area (Å²) in [6, 6.07) is 6.87. The van der Waals surface area contributed by atoms with Crippen LogP contribution < -0.4 is 0 Å². The van der Waals surface area contributed by atoms with E-state index >= 15 is 0 Å². The van der Waals surface area contributed by atoms with E-state index < -0.39 is 11.1 Å². The Morgan fingerprint density at radius 3 is 2.55 bits per heavy atom. The molecule has 1 N–H and O–H groups in total. The molecule has 0 aromatic heterocycles. The third-order valence-electron chi connectivity index (χ3n) is 1.33. The molecule has 2 nitrogen and oxygen atoms in total. The minimum absolute atomic E-state index is 0.405. The summed E-state index contributed by atoms with van der Waals surface area (Å²) in [7, 11) is 0. The van der Waals surface area contributed by atoms with Gasteiger partial charge < -0.3 is 4.55 Å². The maximum Gasteiger partial charge on any atom is 0.187 e. The molecule has 0 bridgehead atoms. The van der Waals surface area contributed by atoms with Crippen molar-refractivity contribution < 1.29 is 8.76 Å². The van der Waals surface area contributed by atoms with Crippen molar-refractivity contribution >= 4 is 17.2 Å². The Kier molecular flexibility index (Phi) is 2.57. The number of benzene rings is 1. The monoisotopic (exact) mass is 168 g/mol. The standard InChI is InChI=1S/C8H8O2S/c1-2-7-5-3-4-6-8(7)11(9)10/h2-6H,1H2,(H,9,10). The number of rotatable bonds is 2. The molecule has 0 saturated carbocycles. The molecule has 0 spiro atoms. The maximum absolute atomic E-state index is 10.6. The van der Waals surface area contributed by atoms with Crippen molar-refractivity contribution in [3.63, 3.8) is 0 Å². The highest BCUT2D eigenvalue weighted by Crippen LogP contribution is 2.12. The van der Waals surface area contributed by atoms with Gasteiger partial charge in [0.2, 0.25) is 0 Å². The van der Waals surface area contributed by atoms with E-state index in [2.05, 4.69) is 6.58 Å². The molecular formula is C8H8O2S. The molecule has 0 saturated heterocycles. The van der Waals surface area contributed by atoms with Crippen LogP contribution in [0.1, 0.15) is 5.56 Å². The van der Waals surface area contributed by atoms with Gasteiger partial charge in [0.1, 0.15) is 0 Å². The van der Waals surface area contributed by atoms with Crippen molar-refractivity contribution in [2.75, 3.05) is 0 Å². The van der Waals surface area contributed by atoms with Crippen LogP contribution in [-0.2, 0) is 11.1 Å². The smallest absolute Gasteiger partial charge is 0.187 e. The molecule has 1 atom stereocenters. The first-order chi connectivity index (χ1) is 5.25. The molecule has 0 aliphatic rings. The summed E-state index contributed by atoms with van der Waals surface area (Å²) in [4.78, 5) is 0.405. The highest BCUT2D eigenvalue weighted by Gasteiger charge is 2.02. The Morgan fingerprint density at radius 1 is 1.45 bits per heavy atom. The van der Waals surface area contributed by atoms with Gasteiger partial charge in [-0.25, -0.2) is 4.21 Å². The zero-order valence-electron chi connectivity index (χ0n) is 5.86. The fourth-order valence-corrected chi connectivity index (χ4v) is 1.36. The second-order valence-corrected chi connectivity index (χ2v) is 2.93. The predicted octanol–water partition coefficient (Wildman–Crippen LogP) is 1.91. The molecule has 0 aliphatic heterocycles. The zero-order valence-corrected chi connectivity index (χ0v) is 6.67. The summed E-state index contributed by atoms with van der Waals surface area (Å²) in [5.74, 6) is 0. The summed E-state index contributed by atoms with van der Waals surface area (Å²) < 4.78 is 19.4. The summed E-state index contributed by atoms with van der Waals surface area (Å²) in [5, 5.41) is 0. The van der Waals surface area contributed by atoms with Crippen LogP contribution in [0.4, 0.5) is 0 Å². The van der Waals surface area contributed by atoms with Crippen LogP contribution in [0.3, 0.4) is 0 Å². The highest BCUT2D eigenvalue weighted by atomic mass is 32.2. The van der Waals surface area contributed by atoms with E-state index in [-0.39, 0.29) is 0 Å². The van der Waals surface area contributed by atoms with E-state index in [0.29, 0.717) is 10.5 Å². The highest BCUT2D eigenvalue weighted by molar-refractivity contribution is 7.79. The molecule has 3 heteroatoms. The van der Waals surface area contributed by atoms with E-state index in [1.807, 2.05) is 0 Å². The van der Waals surface area contributed by atoms with Gasteiger partial charge in [-0.15, -0.1) is 0 Å². The number of hydrogen-bond acceptors (Lipinski definition) is 1. The zero-order chi connectivity index (χ0) is 8.27. The second kappa shape index (κ2) is 3.46. The van der Waals surface area contributed by atoms with Crippen molar-refractivity contribution in [1.82, 2.24) is 0 Å². The van der Waals surface area contributed by atoms with Crippen LogP contribution in [0.25, 0.3) is 6.08 Å². The van der Waals surface area contributed by atoms with Crippen LogP contribution >= 0.6 is 0 Å². The van der Waals surface area contributed by atoms with E-state index in [0.717, 1.165) is 0 Å². The Labute approximate surface area is 67.8 Å². The molecular weight excluding hydrogens is 160 g/mol. The topological polar surface area (TPSA) is 37.3 Å². The first-order valence-electron chi connectivity index (χ1n) is 3.08. The van der Waals surface area contributed by atoms with Gasteiger partial charge in [0.15, 0.2) is 11.1 Å². The average molecular weight is 168 g/mol. The first-order valence-corrected chi connectivity index (χ1v) is 4.18. The molecule has 0 amide bonds. The third-order valence-corrected chi connectivity index (χ3v) is 2.08. The van der Waals surface area contributed by atoms with E-state index in [1.165, 1.54) is 0 Å². The summed E-state index contributed by atoms with van der Waals surface area (Å²) in [5.41, 5.74) is 0.702. The summed E-state index contributed by atoms with van der Waals surface area (Å²) >= 11 is -1.91. The van der Waals surface area contributed by atoms with Gasteiger partial charge in [0, 0.05) is 0 Å². The van der Waals surface area contributed by atoms with Gasteiger partial charge in [0.05, 0.1) is 4.90 Å². The van der Waals surface area contributed by atoms with Gasteiger partial charge in [0.25, 0.3) is 0 Å². The van der Waals surface area contributed by atoms with Gasteiger partial charge in [-0.3, -0.25) is 0 Å². The van der Waals surface area contributed by atoms with Crippen molar-refractivity contribution in [3.05, 3.63) is 36.4 Å². The molecule has 58 valence electrons. The normalized spacial score (nSPS) is 12.5. The Balaban J connectivity index is 3.22. The van der Waals surface area contributed by atoms with Crippen LogP contribution in [0.15, 0.2) is 35.7 Å². The third kappa shape index (κ3) is 1.76. The van der Waals surface area contributed by atoms with E-state index in [9.17, 15) is 4.21 Å². The molecule has 1 aromatic carbocycles. The average Bonchev–Trinajstić information content (AvgIpc) is 2.04. The lowest BCUT2D eigenvalue weighted by molar-refractivity contribution is 0.564. The molecule has 0 radical (unpaired) electrons. The Bertz CT molecular complexity index is 294. The summed E-state index contributed by atoms with van der Waals surface area (Å²) in [6.07, 6.45) is 1.56. The van der Waals surface area contributed by atoms with Crippen LogP contribution in [0.2, 0.25) is 0 Å². The Morgan fingerprint density at radius 2 is 2.09 bits per heavy atom. The van der Waals surface area contributed by atoms with Crippen LogP contribution in [0.5, 0.6) is 0 Å². The van der Waals surface area contributed by atoms with Gasteiger partial charge >= 0.3 is 0 Å². The predicted molar refractivity (Wildman–Crippen MR) is 45.6 cm³/mol. The SMILES string of the molecule is C=Cc1ccccc1S(=O)O. The fraction of sp³-hybridized carbons (Fsp3) is 0. The number of hydrogen-bond donors (Lipinski definition) is 1. The molecule has 1 aromatic rings. The second-order valence-electron chi connectivity index (χ2n) is 1.99. The van der Waals surface area contributed by atoms with Crippen molar-refractivity contribution in [3.8, 4) is 0 Å². The molecule has 1 rings (SSSR count). The van der Waals surface area contributed by atoms with E-state index in [1.54, 1.807) is 30.3 Å². The van der Waals surface area contributed by atoms with Crippen molar-refractivity contribution in [2.24, 2.45) is 0 Å². The van der Waals surface area contributed by atoms with Crippen LogP contribution in [-0.4, -0.2) is 8.76 Å². The lowest BCUT2D eigenvalue weighted by Crippen LogP contribution is -1.90. The van der Waals surface area contributed by atoms with Gasteiger partial charge in [-0.05, 0) is 11.6 Å². The molecule has 1 unspecified atom stereocenters. The van der Waals surface area contributed by atoms with Crippen LogP contribution in [0, 0.1) is 0 Å². The van der Waals surface area contributed by atoms with Gasteiger partial charge in [-0.1, -0.05) is 30.9 Å². The quantitative estimate of drug-likeness (QED) is 0.685. The minimum atomic E-state index is -1.91. The maximum atomic E-state index is 10.6. The minimum Gasteiger partial charge on any atom is -0.302 e. The van der Waals surface area contributed by atoms with Crippen molar-refractivity contribution in [1.29, 1.82) is 0 Å².